The lowest BCUT2D eigenvalue weighted by molar-refractivity contribution is 0.00329. The van der Waals surface area contributed by atoms with Crippen molar-refractivity contribution < 1.29 is 28.5 Å². The first-order valence-electron chi connectivity index (χ1n) is 9.29. The van der Waals surface area contributed by atoms with Crippen LogP contribution in [0.15, 0.2) is 24.3 Å². The summed E-state index contributed by atoms with van der Waals surface area (Å²) >= 11 is 0. The summed E-state index contributed by atoms with van der Waals surface area (Å²) in [6.45, 7) is 1.36. The van der Waals surface area contributed by atoms with Crippen LogP contribution in [-0.4, -0.2) is 45.0 Å². The van der Waals surface area contributed by atoms with Crippen molar-refractivity contribution in [1.82, 2.24) is 4.90 Å². The zero-order valence-corrected chi connectivity index (χ0v) is 15.6. The molecule has 28 heavy (non-hydrogen) atoms. The van der Waals surface area contributed by atoms with E-state index in [4.69, 9.17) is 23.7 Å². The van der Waals surface area contributed by atoms with Gasteiger partial charge in [0.2, 0.25) is 12.6 Å². The van der Waals surface area contributed by atoms with Gasteiger partial charge in [-0.05, 0) is 36.2 Å². The largest absolute Gasteiger partial charge is 0.493 e. The molecule has 0 saturated carbocycles. The van der Waals surface area contributed by atoms with Gasteiger partial charge < -0.3 is 23.7 Å². The highest BCUT2D eigenvalue weighted by atomic mass is 16.7. The fraction of sp³-hybridized carbons (Fsp3) is 0.381. The number of hydrogen-bond donors (Lipinski definition) is 0. The Morgan fingerprint density at radius 1 is 1.14 bits per heavy atom. The number of ketones is 1. The molecule has 0 spiro atoms. The summed E-state index contributed by atoms with van der Waals surface area (Å²) < 4.78 is 28.7. The van der Waals surface area contributed by atoms with E-state index < -0.39 is 5.60 Å². The maximum Gasteiger partial charge on any atom is 0.231 e. The second kappa shape index (κ2) is 5.40. The van der Waals surface area contributed by atoms with Crippen molar-refractivity contribution in [2.45, 2.75) is 18.1 Å². The lowest BCUT2D eigenvalue weighted by Gasteiger charge is -2.29. The van der Waals surface area contributed by atoms with Gasteiger partial charge in [-0.2, -0.15) is 0 Å². The van der Waals surface area contributed by atoms with Crippen LogP contribution >= 0.6 is 0 Å². The van der Waals surface area contributed by atoms with Crippen molar-refractivity contribution >= 4 is 5.78 Å². The number of carbonyl (C=O) groups is 1. The van der Waals surface area contributed by atoms with Gasteiger partial charge in [0.25, 0.3) is 0 Å². The Labute approximate surface area is 161 Å². The molecule has 0 amide bonds. The lowest BCUT2D eigenvalue weighted by Crippen LogP contribution is -2.36. The van der Waals surface area contributed by atoms with Crippen LogP contribution in [0.25, 0.3) is 0 Å². The van der Waals surface area contributed by atoms with Gasteiger partial charge in [-0.25, -0.2) is 0 Å². The number of ether oxygens (including phenoxy) is 5. The Morgan fingerprint density at radius 2 is 1.96 bits per heavy atom. The number of carbonyl (C=O) groups excluding carboxylic acids is 1. The van der Waals surface area contributed by atoms with Gasteiger partial charge in [-0.3, -0.25) is 9.69 Å². The number of benzene rings is 2. The van der Waals surface area contributed by atoms with Gasteiger partial charge >= 0.3 is 0 Å². The van der Waals surface area contributed by atoms with E-state index in [1.165, 1.54) is 0 Å². The van der Waals surface area contributed by atoms with E-state index in [2.05, 4.69) is 4.90 Å². The first-order chi connectivity index (χ1) is 13.7. The smallest absolute Gasteiger partial charge is 0.231 e. The lowest BCUT2D eigenvalue weighted by atomic mass is 9.83. The summed E-state index contributed by atoms with van der Waals surface area (Å²) in [5.74, 6) is 2.55. The van der Waals surface area contributed by atoms with E-state index in [0.717, 1.165) is 35.4 Å². The molecule has 4 aliphatic rings. The maximum absolute atomic E-state index is 13.8. The van der Waals surface area contributed by atoms with Crippen molar-refractivity contribution in [3.8, 4) is 23.0 Å². The van der Waals surface area contributed by atoms with Crippen molar-refractivity contribution in [2.75, 3.05) is 34.3 Å². The molecule has 2 aromatic rings. The van der Waals surface area contributed by atoms with Crippen molar-refractivity contribution in [2.24, 2.45) is 0 Å². The van der Waals surface area contributed by atoms with Gasteiger partial charge in [0.15, 0.2) is 28.6 Å². The zero-order valence-electron chi connectivity index (χ0n) is 15.6. The molecule has 7 nitrogen and oxygen atoms in total. The molecule has 3 unspecified atom stereocenters. The van der Waals surface area contributed by atoms with E-state index in [9.17, 15) is 4.79 Å². The molecule has 6 rings (SSSR count). The Morgan fingerprint density at radius 3 is 2.75 bits per heavy atom. The summed E-state index contributed by atoms with van der Waals surface area (Å²) in [7, 11) is 3.21. The van der Waals surface area contributed by atoms with Crippen LogP contribution in [0, 0.1) is 0 Å². The van der Waals surface area contributed by atoms with E-state index >= 15 is 0 Å². The fourth-order valence-electron chi connectivity index (χ4n) is 5.13. The molecule has 7 heteroatoms. The molecule has 0 aromatic heterocycles. The van der Waals surface area contributed by atoms with E-state index in [0.29, 0.717) is 29.5 Å². The van der Waals surface area contributed by atoms with Crippen LogP contribution in [0.3, 0.4) is 0 Å². The number of Topliss-reactive ketones (excluding diaryl/α,β-unsaturated/α-hetero) is 1. The normalized spacial score (nSPS) is 28.4. The standard InChI is InChI=1S/C21H19NO6/c1-24-14-4-3-12-17(18(14)25-2)19-21(20(12)23)13-8-16-15(26-10-27-16)7-11(13)5-6-22(19)9-28-21/h3-4,7-8,19H,5-6,9-10H2,1-2H3. The molecule has 2 bridgehead atoms. The molecule has 3 atom stereocenters. The second-order valence-electron chi connectivity index (χ2n) is 7.43. The number of nitrogens with zero attached hydrogens (tertiary/aromatic N) is 1. The van der Waals surface area contributed by atoms with E-state index in [1.807, 2.05) is 18.2 Å². The molecule has 3 heterocycles. The third-order valence-corrected chi connectivity index (χ3v) is 6.31. The predicted molar refractivity (Wildman–Crippen MR) is 97.2 cm³/mol. The quantitative estimate of drug-likeness (QED) is 0.791. The van der Waals surface area contributed by atoms with Crippen LogP contribution in [0.1, 0.15) is 33.1 Å². The minimum absolute atomic E-state index is 0.0435. The van der Waals surface area contributed by atoms with Crippen LogP contribution in [0.4, 0.5) is 0 Å². The summed E-state index contributed by atoms with van der Waals surface area (Å²) in [5, 5.41) is 0. The molecule has 3 aliphatic heterocycles. The minimum Gasteiger partial charge on any atom is -0.493 e. The van der Waals surface area contributed by atoms with Crippen LogP contribution in [0.5, 0.6) is 23.0 Å². The minimum atomic E-state index is -1.10. The highest BCUT2D eigenvalue weighted by Gasteiger charge is 2.64. The first-order valence-corrected chi connectivity index (χ1v) is 9.29. The Kier molecular flexibility index (Phi) is 3.12. The van der Waals surface area contributed by atoms with Crippen LogP contribution in [-0.2, 0) is 16.8 Å². The number of fused-ring (bicyclic) bond motifs is 3. The Balaban J connectivity index is 1.64. The number of hydrogen-bond acceptors (Lipinski definition) is 7. The van der Waals surface area contributed by atoms with Gasteiger partial charge in [0, 0.05) is 23.2 Å². The number of methoxy groups -OCH3 is 2. The topological polar surface area (TPSA) is 66.5 Å². The van der Waals surface area contributed by atoms with Crippen molar-refractivity contribution in [1.29, 1.82) is 0 Å². The summed E-state index contributed by atoms with van der Waals surface area (Å²) in [6.07, 6.45) is 0.808. The van der Waals surface area contributed by atoms with Gasteiger partial charge in [0.05, 0.1) is 20.3 Å². The molecule has 0 radical (unpaired) electrons. The first kappa shape index (κ1) is 16.2. The predicted octanol–water partition coefficient (Wildman–Crippen LogP) is 2.41. The van der Waals surface area contributed by atoms with Crippen molar-refractivity contribution in [3.05, 3.63) is 46.5 Å². The SMILES string of the molecule is COc1ccc2c(c1OC)C1N3CCc4cc5c(cc4C1(OC3)C2=O)OCO5. The molecular formula is C21H19NO6. The number of rotatable bonds is 2. The highest BCUT2D eigenvalue weighted by molar-refractivity contribution is 6.10. The molecule has 0 N–H and O–H groups in total. The van der Waals surface area contributed by atoms with Crippen LogP contribution < -0.4 is 18.9 Å². The monoisotopic (exact) mass is 381 g/mol. The summed E-state index contributed by atoms with van der Waals surface area (Å²) in [5.41, 5.74) is 2.29. The van der Waals surface area contributed by atoms with E-state index in [1.54, 1.807) is 20.3 Å². The van der Waals surface area contributed by atoms with Crippen molar-refractivity contribution in [3.63, 3.8) is 0 Å². The van der Waals surface area contributed by atoms with Gasteiger partial charge in [-0.1, -0.05) is 0 Å². The molecule has 1 fully saturated rings. The zero-order chi connectivity index (χ0) is 19.0. The third-order valence-electron chi connectivity index (χ3n) is 6.31. The molecular weight excluding hydrogens is 362 g/mol. The molecule has 1 saturated heterocycles. The Bertz CT molecular complexity index is 1030. The fourth-order valence-corrected chi connectivity index (χ4v) is 5.13. The molecule has 144 valence electrons. The Hall–Kier alpha value is -2.77. The highest BCUT2D eigenvalue weighted by Crippen LogP contribution is 2.61. The van der Waals surface area contributed by atoms with Crippen LogP contribution in [0.2, 0.25) is 0 Å². The third kappa shape index (κ3) is 1.74. The second-order valence-corrected chi connectivity index (χ2v) is 7.43. The van der Waals surface area contributed by atoms with Gasteiger partial charge in [0.1, 0.15) is 6.73 Å². The molecule has 1 aliphatic carbocycles. The average molecular weight is 381 g/mol. The van der Waals surface area contributed by atoms with Gasteiger partial charge in [-0.15, -0.1) is 0 Å². The molecule has 2 aromatic carbocycles. The van der Waals surface area contributed by atoms with E-state index in [-0.39, 0.29) is 18.6 Å². The summed E-state index contributed by atoms with van der Waals surface area (Å²) in [6, 6.07) is 7.24. The average Bonchev–Trinajstić information content (AvgIpc) is 3.36. The maximum atomic E-state index is 13.8. The summed E-state index contributed by atoms with van der Waals surface area (Å²) in [4.78, 5) is 16.0.